The van der Waals surface area contributed by atoms with Crippen molar-refractivity contribution in [3.05, 3.63) is 12.2 Å². The topological polar surface area (TPSA) is 9.23 Å². The Kier molecular flexibility index (Phi) is 6.41. The van der Waals surface area contributed by atoms with E-state index in [1.807, 2.05) is 0 Å². The summed E-state index contributed by atoms with van der Waals surface area (Å²) in [6.07, 6.45) is 20.3. The maximum atomic E-state index is 6.66. The van der Waals surface area contributed by atoms with E-state index in [9.17, 15) is 0 Å². The van der Waals surface area contributed by atoms with E-state index in [2.05, 4.69) is 60.6 Å². The van der Waals surface area contributed by atoms with Gasteiger partial charge in [0, 0.05) is 12.0 Å². The van der Waals surface area contributed by atoms with Crippen LogP contribution in [0.25, 0.3) is 0 Å². The van der Waals surface area contributed by atoms with Gasteiger partial charge in [0.15, 0.2) is 0 Å². The molecule has 5 saturated carbocycles. The average molecular weight is 455 g/mol. The first kappa shape index (κ1) is 24.4. The molecule has 0 N–H and O–H groups in total. The first-order chi connectivity index (χ1) is 15.7. The Morgan fingerprint density at radius 1 is 0.939 bits per heavy atom. The van der Waals surface area contributed by atoms with Gasteiger partial charge in [-0.15, -0.1) is 0 Å². The number of fused-ring (bicyclic) bond motifs is 4. The van der Waals surface area contributed by atoms with Crippen molar-refractivity contribution in [3.63, 3.8) is 0 Å². The van der Waals surface area contributed by atoms with Crippen molar-refractivity contribution in [1.29, 1.82) is 0 Å². The third kappa shape index (κ3) is 3.48. The second kappa shape index (κ2) is 8.67. The molecule has 0 saturated heterocycles. The van der Waals surface area contributed by atoms with Crippen LogP contribution in [-0.2, 0) is 4.74 Å². The van der Waals surface area contributed by atoms with Gasteiger partial charge < -0.3 is 4.74 Å². The van der Waals surface area contributed by atoms with Crippen molar-refractivity contribution < 1.29 is 4.74 Å². The molecule has 1 nitrogen and oxygen atoms in total. The molecule has 5 fully saturated rings. The molecule has 5 aliphatic rings. The molecular weight excluding hydrogens is 400 g/mol. The highest BCUT2D eigenvalue weighted by molar-refractivity contribution is 5.24. The zero-order chi connectivity index (χ0) is 23.6. The highest BCUT2D eigenvalue weighted by Gasteiger charge is 2.75. The maximum absolute atomic E-state index is 6.66. The molecule has 33 heavy (non-hydrogen) atoms. The van der Waals surface area contributed by atoms with Gasteiger partial charge in [-0.1, -0.05) is 60.1 Å². The predicted molar refractivity (Wildman–Crippen MR) is 140 cm³/mol. The van der Waals surface area contributed by atoms with Crippen LogP contribution in [0.5, 0.6) is 0 Å². The Bertz CT molecular complexity index is 739. The van der Waals surface area contributed by atoms with E-state index in [0.29, 0.717) is 22.3 Å². The summed E-state index contributed by atoms with van der Waals surface area (Å²) >= 11 is 0. The minimum absolute atomic E-state index is 0.541. The van der Waals surface area contributed by atoms with Crippen molar-refractivity contribution in [1.82, 2.24) is 0 Å². The van der Waals surface area contributed by atoms with Gasteiger partial charge in [-0.05, 0) is 123 Å². The van der Waals surface area contributed by atoms with E-state index in [1.165, 1.54) is 64.2 Å². The zero-order valence-corrected chi connectivity index (χ0v) is 23.0. The Labute approximate surface area is 205 Å². The number of hydrogen-bond acceptors (Lipinski definition) is 1. The van der Waals surface area contributed by atoms with Crippen LogP contribution < -0.4 is 0 Å². The molecule has 1 heteroatoms. The molecule has 5 rings (SSSR count). The molecule has 0 aromatic carbocycles. The van der Waals surface area contributed by atoms with Crippen molar-refractivity contribution >= 4 is 0 Å². The fraction of sp³-hybridized carbons (Fsp3) is 0.938. The highest BCUT2D eigenvalue weighted by Crippen LogP contribution is 2.80. The van der Waals surface area contributed by atoms with Crippen LogP contribution in [-0.4, -0.2) is 12.7 Å². The van der Waals surface area contributed by atoms with Crippen LogP contribution in [0, 0.1) is 63.6 Å². The van der Waals surface area contributed by atoms with E-state index in [1.54, 1.807) is 0 Å². The second-order valence-corrected chi connectivity index (χ2v) is 14.1. The molecule has 1 spiro atoms. The lowest BCUT2D eigenvalue weighted by Gasteiger charge is -2.63. The minimum Gasteiger partial charge on any atom is -0.378 e. The Balaban J connectivity index is 1.38. The molecule has 0 aromatic rings. The van der Waals surface area contributed by atoms with Crippen LogP contribution in [0.1, 0.15) is 113 Å². The largest absolute Gasteiger partial charge is 0.378 e. The molecule has 2 unspecified atom stereocenters. The van der Waals surface area contributed by atoms with Gasteiger partial charge in [0.25, 0.3) is 0 Å². The predicted octanol–water partition coefficient (Wildman–Crippen LogP) is 8.92. The third-order valence-electron chi connectivity index (χ3n) is 12.8. The van der Waals surface area contributed by atoms with E-state index < -0.39 is 0 Å². The Hall–Kier alpha value is -0.300. The normalized spacial score (nSPS) is 50.4. The van der Waals surface area contributed by atoms with Gasteiger partial charge in [0.1, 0.15) is 0 Å². The zero-order valence-electron chi connectivity index (χ0n) is 23.0. The Morgan fingerprint density at radius 3 is 2.42 bits per heavy atom. The van der Waals surface area contributed by atoms with Gasteiger partial charge >= 0.3 is 0 Å². The van der Waals surface area contributed by atoms with Gasteiger partial charge in [-0.25, -0.2) is 0 Å². The van der Waals surface area contributed by atoms with Gasteiger partial charge in [0.05, 0.1) is 6.10 Å². The average Bonchev–Trinajstić information content (AvgIpc) is 3.42. The quantitative estimate of drug-likeness (QED) is 0.349. The molecule has 0 radical (unpaired) electrons. The third-order valence-corrected chi connectivity index (χ3v) is 12.8. The lowest BCUT2D eigenvalue weighted by Crippen LogP contribution is -2.59. The fourth-order valence-corrected chi connectivity index (χ4v) is 11.1. The van der Waals surface area contributed by atoms with E-state index in [4.69, 9.17) is 4.74 Å². The summed E-state index contributed by atoms with van der Waals surface area (Å²) in [6, 6.07) is 0. The van der Waals surface area contributed by atoms with Gasteiger partial charge in [0.2, 0.25) is 0 Å². The summed E-state index contributed by atoms with van der Waals surface area (Å²) < 4.78 is 6.66. The Morgan fingerprint density at radius 2 is 1.73 bits per heavy atom. The first-order valence-electron chi connectivity index (χ1n) is 15.0. The summed E-state index contributed by atoms with van der Waals surface area (Å²) in [7, 11) is 0. The van der Waals surface area contributed by atoms with Gasteiger partial charge in [-0.3, -0.25) is 0 Å². The molecule has 0 aromatic heterocycles. The standard InChI is InChI=1S/C32H54O/c1-8-23(21(3)4)13-12-22(5)26-14-15-27-25-19-29(33-9-2)32-20-24(32)11-10-17-31(32,7)28(25)16-18-30(26,27)6/h12-13,21-29H,8-11,14-20H2,1-7H3/b13-12+/t22-,23-,24-,25+,26-,27?,28?,29-,30-,31-,32+/m1/s1. The van der Waals surface area contributed by atoms with Gasteiger partial charge in [-0.2, -0.15) is 0 Å². The SMILES string of the molecule is CCO[C@@H]1C[C@H]2C3CC[C@H]([C@H](C)/C=C/[C@@H](CC)C(C)C)[C@@]3(C)CCC2[C@@]2(C)CCC[C@@H]3C[C@]312. The van der Waals surface area contributed by atoms with E-state index >= 15 is 0 Å². The molecule has 0 amide bonds. The maximum Gasteiger partial charge on any atom is 0.0642 e. The fourth-order valence-electron chi connectivity index (χ4n) is 11.1. The molecule has 188 valence electrons. The van der Waals surface area contributed by atoms with E-state index in [-0.39, 0.29) is 0 Å². The number of ether oxygens (including phenoxy) is 1. The number of rotatable bonds is 7. The lowest BCUT2D eigenvalue weighted by molar-refractivity contribution is -0.187. The van der Waals surface area contributed by atoms with Crippen LogP contribution in [0.2, 0.25) is 0 Å². The summed E-state index contributed by atoms with van der Waals surface area (Å²) in [5, 5.41) is 0. The molecular formula is C32H54O. The van der Waals surface area contributed by atoms with Crippen molar-refractivity contribution in [2.24, 2.45) is 63.6 Å². The van der Waals surface area contributed by atoms with Crippen molar-refractivity contribution in [2.45, 2.75) is 119 Å². The van der Waals surface area contributed by atoms with Crippen LogP contribution in [0.15, 0.2) is 12.2 Å². The second-order valence-electron chi connectivity index (χ2n) is 14.1. The lowest BCUT2D eigenvalue weighted by atomic mass is 9.43. The summed E-state index contributed by atoms with van der Waals surface area (Å²) in [5.41, 5.74) is 1.64. The van der Waals surface area contributed by atoms with Crippen LogP contribution >= 0.6 is 0 Å². The van der Waals surface area contributed by atoms with Crippen LogP contribution in [0.3, 0.4) is 0 Å². The number of allylic oxidation sites excluding steroid dienone is 2. The summed E-state index contributed by atoms with van der Waals surface area (Å²) in [5.74, 6) is 6.89. The van der Waals surface area contributed by atoms with Crippen LogP contribution in [0.4, 0.5) is 0 Å². The summed E-state index contributed by atoms with van der Waals surface area (Å²) in [6.45, 7) is 18.3. The summed E-state index contributed by atoms with van der Waals surface area (Å²) in [4.78, 5) is 0. The molecule has 0 bridgehead atoms. The molecule has 0 aliphatic heterocycles. The smallest absolute Gasteiger partial charge is 0.0642 e. The van der Waals surface area contributed by atoms with E-state index in [0.717, 1.165) is 54.0 Å². The highest BCUT2D eigenvalue weighted by atomic mass is 16.5. The molecule has 0 heterocycles. The van der Waals surface area contributed by atoms with Crippen molar-refractivity contribution in [3.8, 4) is 0 Å². The monoisotopic (exact) mass is 454 g/mol. The first-order valence-corrected chi connectivity index (χ1v) is 15.0. The molecule has 11 atom stereocenters. The van der Waals surface area contributed by atoms with Crippen molar-refractivity contribution in [2.75, 3.05) is 6.61 Å². The number of hydrogen-bond donors (Lipinski definition) is 0. The minimum atomic E-state index is 0.541. The molecule has 5 aliphatic carbocycles.